The van der Waals surface area contributed by atoms with E-state index in [1.807, 2.05) is 77.9 Å². The number of hydrogen-bond acceptors (Lipinski definition) is 6. The van der Waals surface area contributed by atoms with Crippen LogP contribution in [0.3, 0.4) is 0 Å². The monoisotopic (exact) mass is 633 g/mol. The number of carboxylic acids is 1. The Bertz CT molecular complexity index is 1390. The Morgan fingerprint density at radius 1 is 1.13 bits per heavy atom. The smallest absolute Gasteiger partial charge is 0.416 e. The third kappa shape index (κ3) is 7.25. The first-order valence-electron chi connectivity index (χ1n) is 15.3. The third-order valence-electron chi connectivity index (χ3n) is 9.09. The molecular formula is C34H46F3N3O5. The highest BCUT2D eigenvalue weighted by atomic mass is 19.4. The van der Waals surface area contributed by atoms with Gasteiger partial charge in [0, 0.05) is 56.4 Å². The summed E-state index contributed by atoms with van der Waals surface area (Å²) in [6, 6.07) is 8.32. The highest BCUT2D eigenvalue weighted by Crippen LogP contribution is 2.51. The number of nitrogens with zero attached hydrogens (tertiary/aromatic N) is 2. The molecule has 0 spiro atoms. The van der Waals surface area contributed by atoms with E-state index in [-0.39, 0.29) is 23.8 Å². The summed E-state index contributed by atoms with van der Waals surface area (Å²) in [5, 5.41) is 14.3. The molecule has 5 unspecified atom stereocenters. The van der Waals surface area contributed by atoms with Gasteiger partial charge in [0.1, 0.15) is 11.8 Å². The number of rotatable bonds is 8. The lowest BCUT2D eigenvalue weighted by Crippen LogP contribution is -2.51. The topological polar surface area (TPSA) is 91.3 Å². The van der Waals surface area contributed by atoms with E-state index in [0.717, 1.165) is 23.4 Å². The van der Waals surface area contributed by atoms with Gasteiger partial charge >= 0.3 is 12.1 Å². The average Bonchev–Trinajstić information content (AvgIpc) is 3.30. The molecule has 0 aromatic heterocycles. The minimum Gasteiger partial charge on any atom is -0.496 e. The molecule has 2 aliphatic rings. The number of amides is 1. The fourth-order valence-corrected chi connectivity index (χ4v) is 7.17. The van der Waals surface area contributed by atoms with Crippen LogP contribution in [0.15, 0.2) is 42.5 Å². The number of alkyl halides is 3. The SMILES string of the molecule is COc1ccc(C(F)(F)F)cc1CNC1C(c2ccccc2N(C)C)N(C(=O)C2CCOC(C)(C)C2)C(C(=O)O)C1C(C)(C)C. The van der Waals surface area contributed by atoms with Gasteiger partial charge in [-0.05, 0) is 61.9 Å². The maximum Gasteiger partial charge on any atom is 0.416 e. The van der Waals surface area contributed by atoms with E-state index in [1.54, 1.807) is 4.90 Å². The molecule has 11 heteroatoms. The summed E-state index contributed by atoms with van der Waals surface area (Å²) >= 11 is 0. The summed E-state index contributed by atoms with van der Waals surface area (Å²) in [5.41, 5.74) is -0.120. The number of methoxy groups -OCH3 is 1. The number of halogens is 3. The Labute approximate surface area is 263 Å². The summed E-state index contributed by atoms with van der Waals surface area (Å²) in [7, 11) is 5.16. The molecule has 8 nitrogen and oxygen atoms in total. The van der Waals surface area contributed by atoms with Crippen molar-refractivity contribution in [2.45, 2.75) is 83.9 Å². The number of carbonyl (C=O) groups excluding carboxylic acids is 1. The number of anilines is 1. The van der Waals surface area contributed by atoms with Gasteiger partial charge < -0.3 is 29.7 Å². The fourth-order valence-electron chi connectivity index (χ4n) is 7.17. The second-order valence-corrected chi connectivity index (χ2v) is 14.0. The zero-order valence-corrected chi connectivity index (χ0v) is 27.4. The van der Waals surface area contributed by atoms with Gasteiger partial charge in [0.2, 0.25) is 5.91 Å². The molecular weight excluding hydrogens is 587 g/mol. The molecule has 45 heavy (non-hydrogen) atoms. The molecule has 0 saturated carbocycles. The van der Waals surface area contributed by atoms with Crippen molar-refractivity contribution in [1.82, 2.24) is 10.2 Å². The van der Waals surface area contributed by atoms with Gasteiger partial charge in [0.25, 0.3) is 0 Å². The number of para-hydroxylation sites is 1. The van der Waals surface area contributed by atoms with Crippen molar-refractivity contribution in [2.75, 3.05) is 32.7 Å². The van der Waals surface area contributed by atoms with Crippen molar-refractivity contribution in [3.05, 3.63) is 59.2 Å². The zero-order chi connectivity index (χ0) is 33.5. The molecule has 2 N–H and O–H groups in total. The average molecular weight is 634 g/mol. The van der Waals surface area contributed by atoms with Gasteiger partial charge in [-0.1, -0.05) is 39.0 Å². The lowest BCUT2D eigenvalue weighted by atomic mass is 9.72. The summed E-state index contributed by atoms with van der Waals surface area (Å²) in [6.07, 6.45) is -3.64. The molecule has 1 amide bonds. The van der Waals surface area contributed by atoms with Crippen LogP contribution in [0, 0.1) is 17.3 Å². The van der Waals surface area contributed by atoms with Gasteiger partial charge in [-0.3, -0.25) is 4.79 Å². The van der Waals surface area contributed by atoms with Crippen LogP contribution in [0.4, 0.5) is 18.9 Å². The standard InChI is InChI=1S/C34H46F3N3O5/c1-32(2,3)26-27(38-19-21-17-22(34(35,36)37)13-14-25(21)44-8)28(23-11-9-10-12-24(23)39(6)7)40(29(26)31(42)43)30(41)20-15-16-45-33(4,5)18-20/h9-14,17,20,26-29,38H,15-16,18-19H2,1-8H3,(H,42,43). The highest BCUT2D eigenvalue weighted by molar-refractivity contribution is 5.87. The molecule has 2 saturated heterocycles. The predicted molar refractivity (Wildman–Crippen MR) is 166 cm³/mol. The van der Waals surface area contributed by atoms with Gasteiger partial charge in [0.15, 0.2) is 0 Å². The van der Waals surface area contributed by atoms with Crippen molar-refractivity contribution in [1.29, 1.82) is 0 Å². The summed E-state index contributed by atoms with van der Waals surface area (Å²) in [4.78, 5) is 31.4. The van der Waals surface area contributed by atoms with Gasteiger partial charge in [-0.15, -0.1) is 0 Å². The Morgan fingerprint density at radius 2 is 1.80 bits per heavy atom. The van der Waals surface area contributed by atoms with Crippen molar-refractivity contribution in [3.63, 3.8) is 0 Å². The molecule has 248 valence electrons. The maximum atomic E-state index is 14.6. The Balaban J connectivity index is 1.90. The molecule has 2 fully saturated rings. The lowest BCUT2D eigenvalue weighted by molar-refractivity contribution is -0.158. The van der Waals surface area contributed by atoms with Gasteiger partial charge in [0.05, 0.1) is 24.3 Å². The number of hydrogen-bond donors (Lipinski definition) is 2. The van der Waals surface area contributed by atoms with E-state index >= 15 is 0 Å². The number of carboxylic acid groups (broad SMARTS) is 1. The molecule has 0 aliphatic carbocycles. The number of carbonyl (C=O) groups is 2. The van der Waals surface area contributed by atoms with Crippen LogP contribution in [0.2, 0.25) is 0 Å². The van der Waals surface area contributed by atoms with Crippen LogP contribution in [0.1, 0.15) is 70.2 Å². The van der Waals surface area contributed by atoms with Crippen LogP contribution >= 0.6 is 0 Å². The first kappa shape index (κ1) is 34.6. The zero-order valence-electron chi connectivity index (χ0n) is 27.4. The first-order valence-corrected chi connectivity index (χ1v) is 15.3. The third-order valence-corrected chi connectivity index (χ3v) is 9.09. The van der Waals surface area contributed by atoms with E-state index in [4.69, 9.17) is 9.47 Å². The molecule has 0 bridgehead atoms. The summed E-state index contributed by atoms with van der Waals surface area (Å²) in [5.74, 6) is -2.16. The highest BCUT2D eigenvalue weighted by Gasteiger charge is 2.59. The van der Waals surface area contributed by atoms with E-state index in [0.29, 0.717) is 19.4 Å². The number of ether oxygens (including phenoxy) is 2. The second-order valence-electron chi connectivity index (χ2n) is 14.0. The Morgan fingerprint density at radius 3 is 2.36 bits per heavy atom. The van der Waals surface area contributed by atoms with Crippen molar-refractivity contribution < 1.29 is 37.3 Å². The Kier molecular flexibility index (Phi) is 9.85. The quantitative estimate of drug-likeness (QED) is 0.361. The summed E-state index contributed by atoms with van der Waals surface area (Å²) < 4.78 is 52.4. The largest absolute Gasteiger partial charge is 0.496 e. The van der Waals surface area contributed by atoms with Gasteiger partial charge in [-0.2, -0.15) is 13.2 Å². The van der Waals surface area contributed by atoms with Gasteiger partial charge in [-0.25, -0.2) is 4.79 Å². The van der Waals surface area contributed by atoms with Crippen molar-refractivity contribution in [3.8, 4) is 5.75 Å². The van der Waals surface area contributed by atoms with Crippen LogP contribution < -0.4 is 15.0 Å². The number of benzene rings is 2. The van der Waals surface area contributed by atoms with Crippen molar-refractivity contribution in [2.24, 2.45) is 17.3 Å². The Hall–Kier alpha value is -3.31. The molecule has 2 aliphatic heterocycles. The molecule has 2 aromatic carbocycles. The second kappa shape index (κ2) is 12.8. The van der Waals surface area contributed by atoms with Crippen molar-refractivity contribution >= 4 is 17.6 Å². The predicted octanol–water partition coefficient (Wildman–Crippen LogP) is 6.14. The summed E-state index contributed by atoms with van der Waals surface area (Å²) in [6.45, 7) is 10.0. The van der Waals surface area contributed by atoms with E-state index in [1.165, 1.54) is 13.2 Å². The number of nitrogens with one attached hydrogen (secondary N) is 1. The van der Waals surface area contributed by atoms with Crippen LogP contribution in [0.5, 0.6) is 5.75 Å². The number of likely N-dealkylation sites (tertiary alicyclic amines) is 1. The molecule has 2 aromatic rings. The van der Waals surface area contributed by atoms with E-state index < -0.39 is 58.7 Å². The van der Waals surface area contributed by atoms with Crippen LogP contribution in [-0.4, -0.2) is 67.4 Å². The molecule has 4 rings (SSSR count). The first-order chi connectivity index (χ1) is 20.9. The van der Waals surface area contributed by atoms with Crippen LogP contribution in [-0.2, 0) is 27.0 Å². The van der Waals surface area contributed by atoms with Crippen LogP contribution in [0.25, 0.3) is 0 Å². The van der Waals surface area contributed by atoms with E-state index in [2.05, 4.69) is 5.32 Å². The normalized spacial score (nSPS) is 25.2. The lowest BCUT2D eigenvalue weighted by Gasteiger charge is -2.40. The minimum atomic E-state index is -4.55. The molecule has 0 radical (unpaired) electrons. The molecule has 2 heterocycles. The minimum absolute atomic E-state index is 0.0381. The fraction of sp³-hybridized carbons (Fsp3) is 0.588. The number of aliphatic carboxylic acids is 1. The van der Waals surface area contributed by atoms with E-state index in [9.17, 15) is 27.9 Å². The maximum absolute atomic E-state index is 14.6. The molecule has 5 atom stereocenters.